The van der Waals surface area contributed by atoms with Crippen LogP contribution >= 0.6 is 0 Å². The average molecular weight is 408 g/mol. The molecule has 0 radical (unpaired) electrons. The first-order chi connectivity index (χ1) is 14.6. The highest BCUT2D eigenvalue weighted by Crippen LogP contribution is 2.60. The lowest BCUT2D eigenvalue weighted by molar-refractivity contribution is -0.160. The van der Waals surface area contributed by atoms with Crippen molar-refractivity contribution >= 4 is 22.8 Å². The molecule has 1 saturated heterocycles. The number of nitrogens with zero attached hydrogens (tertiary/aromatic N) is 3. The largest absolute Gasteiger partial charge is 0.356 e. The molecule has 0 unspecified atom stereocenters. The summed E-state index contributed by atoms with van der Waals surface area (Å²) in [5, 5.41) is 5.00. The molecule has 7 rings (SSSR count). The first-order valence-electron chi connectivity index (χ1n) is 11.5. The summed E-state index contributed by atoms with van der Waals surface area (Å²) in [5.41, 5.74) is 1.33. The summed E-state index contributed by atoms with van der Waals surface area (Å²) in [6.07, 6.45) is 7.63. The predicted molar refractivity (Wildman–Crippen MR) is 111 cm³/mol. The summed E-state index contributed by atoms with van der Waals surface area (Å²) in [7, 11) is 0. The Morgan fingerprint density at radius 3 is 2.20 bits per heavy atom. The van der Waals surface area contributed by atoms with Gasteiger partial charge in [-0.3, -0.25) is 9.59 Å². The number of amides is 2. The van der Waals surface area contributed by atoms with Crippen LogP contribution in [0.1, 0.15) is 44.2 Å². The van der Waals surface area contributed by atoms with E-state index in [4.69, 9.17) is 4.52 Å². The average Bonchev–Trinajstić information content (AvgIpc) is 3.15. The van der Waals surface area contributed by atoms with E-state index in [1.54, 1.807) is 0 Å². The standard InChI is InChI=1S/C24H29N3O3/c28-22(12-20-19-3-1-2-4-21(19)30-25-20)26-5-7-27(8-6-26)23(29)24-13-16-9-17(14-24)11-18(10-16)15-24/h1-4,16-18H,5-15H2. The van der Waals surface area contributed by atoms with Crippen LogP contribution in [0.3, 0.4) is 0 Å². The summed E-state index contributed by atoms with van der Waals surface area (Å²) < 4.78 is 5.33. The van der Waals surface area contributed by atoms with Crippen LogP contribution in [0, 0.1) is 23.2 Å². The number of fused-ring (bicyclic) bond motifs is 1. The zero-order valence-electron chi connectivity index (χ0n) is 17.4. The van der Waals surface area contributed by atoms with Crippen molar-refractivity contribution in [1.82, 2.24) is 15.0 Å². The zero-order chi connectivity index (χ0) is 20.3. The maximum Gasteiger partial charge on any atom is 0.228 e. The molecule has 2 amide bonds. The monoisotopic (exact) mass is 407 g/mol. The number of hydrogen-bond donors (Lipinski definition) is 0. The highest BCUT2D eigenvalue weighted by Gasteiger charge is 2.55. The molecule has 5 fully saturated rings. The van der Waals surface area contributed by atoms with Crippen LogP contribution in [-0.2, 0) is 16.0 Å². The van der Waals surface area contributed by atoms with Gasteiger partial charge in [-0.15, -0.1) is 0 Å². The highest BCUT2D eigenvalue weighted by molar-refractivity contribution is 5.87. The van der Waals surface area contributed by atoms with Gasteiger partial charge in [0.1, 0.15) is 5.69 Å². The number of hydrogen-bond acceptors (Lipinski definition) is 4. The molecule has 30 heavy (non-hydrogen) atoms. The first kappa shape index (κ1) is 18.4. The fraction of sp³-hybridized carbons (Fsp3) is 0.625. The molecule has 158 valence electrons. The number of para-hydroxylation sites is 1. The van der Waals surface area contributed by atoms with Gasteiger partial charge in [0.25, 0.3) is 0 Å². The highest BCUT2D eigenvalue weighted by atomic mass is 16.5. The van der Waals surface area contributed by atoms with Gasteiger partial charge in [-0.05, 0) is 68.4 Å². The third-order valence-electron chi connectivity index (χ3n) is 8.18. The molecular formula is C24H29N3O3. The van der Waals surface area contributed by atoms with Crippen LogP contribution < -0.4 is 0 Å². The van der Waals surface area contributed by atoms with E-state index in [-0.39, 0.29) is 17.7 Å². The number of rotatable bonds is 3. The van der Waals surface area contributed by atoms with E-state index in [9.17, 15) is 9.59 Å². The number of piperazine rings is 1. The quantitative estimate of drug-likeness (QED) is 0.783. The van der Waals surface area contributed by atoms with E-state index in [1.165, 1.54) is 19.3 Å². The molecule has 4 aliphatic carbocycles. The number of carbonyl (C=O) groups excluding carboxylic acids is 2. The van der Waals surface area contributed by atoms with Gasteiger partial charge in [0.2, 0.25) is 11.8 Å². The second kappa shape index (κ2) is 6.82. The molecule has 1 aliphatic heterocycles. The zero-order valence-corrected chi connectivity index (χ0v) is 17.4. The Hall–Kier alpha value is -2.37. The molecule has 0 spiro atoms. The van der Waals surface area contributed by atoms with Gasteiger partial charge < -0.3 is 14.3 Å². The minimum atomic E-state index is -0.0828. The summed E-state index contributed by atoms with van der Waals surface area (Å²) in [5.74, 6) is 2.79. The predicted octanol–water partition coefficient (Wildman–Crippen LogP) is 3.26. The van der Waals surface area contributed by atoms with Gasteiger partial charge in [-0.2, -0.15) is 0 Å². The Balaban J connectivity index is 1.09. The smallest absolute Gasteiger partial charge is 0.228 e. The molecule has 6 heteroatoms. The van der Waals surface area contributed by atoms with E-state index in [0.717, 1.165) is 42.4 Å². The van der Waals surface area contributed by atoms with Crippen molar-refractivity contribution in [2.24, 2.45) is 23.2 Å². The number of aromatic nitrogens is 1. The van der Waals surface area contributed by atoms with Gasteiger partial charge in [0, 0.05) is 31.6 Å². The molecular weight excluding hydrogens is 378 g/mol. The van der Waals surface area contributed by atoms with E-state index in [2.05, 4.69) is 10.1 Å². The van der Waals surface area contributed by atoms with Crippen molar-refractivity contribution in [2.45, 2.75) is 44.9 Å². The van der Waals surface area contributed by atoms with E-state index >= 15 is 0 Å². The molecule has 0 N–H and O–H groups in total. The Morgan fingerprint density at radius 1 is 0.933 bits per heavy atom. The third-order valence-corrected chi connectivity index (χ3v) is 8.18. The van der Waals surface area contributed by atoms with Gasteiger partial charge in [-0.1, -0.05) is 17.3 Å². The Kier molecular flexibility index (Phi) is 4.19. The Morgan fingerprint density at radius 2 is 1.53 bits per heavy atom. The van der Waals surface area contributed by atoms with Gasteiger partial charge in [0.05, 0.1) is 11.8 Å². The van der Waals surface area contributed by atoms with Gasteiger partial charge >= 0.3 is 0 Å². The van der Waals surface area contributed by atoms with Crippen LogP contribution in [0.4, 0.5) is 0 Å². The molecule has 2 heterocycles. The Labute approximate surface area is 176 Å². The van der Waals surface area contributed by atoms with Crippen molar-refractivity contribution in [3.8, 4) is 0 Å². The summed E-state index contributed by atoms with van der Waals surface area (Å²) in [6.45, 7) is 2.55. The lowest BCUT2D eigenvalue weighted by atomic mass is 9.49. The van der Waals surface area contributed by atoms with Crippen molar-refractivity contribution in [3.63, 3.8) is 0 Å². The fourth-order valence-corrected chi connectivity index (χ4v) is 7.19. The molecule has 4 saturated carbocycles. The summed E-state index contributed by atoms with van der Waals surface area (Å²) >= 11 is 0. The fourth-order valence-electron chi connectivity index (χ4n) is 7.19. The minimum absolute atomic E-state index is 0.0657. The topological polar surface area (TPSA) is 66.7 Å². The second-order valence-electron chi connectivity index (χ2n) is 10.2. The maximum absolute atomic E-state index is 13.5. The van der Waals surface area contributed by atoms with E-state index < -0.39 is 0 Å². The minimum Gasteiger partial charge on any atom is -0.356 e. The van der Waals surface area contributed by atoms with Crippen molar-refractivity contribution < 1.29 is 14.1 Å². The molecule has 2 aromatic rings. The van der Waals surface area contributed by atoms with Crippen LogP contribution in [0.5, 0.6) is 0 Å². The van der Waals surface area contributed by atoms with Gasteiger partial charge in [0.15, 0.2) is 5.58 Å². The molecule has 1 aromatic heterocycles. The van der Waals surface area contributed by atoms with Crippen molar-refractivity contribution in [1.29, 1.82) is 0 Å². The molecule has 6 nitrogen and oxygen atoms in total. The van der Waals surface area contributed by atoms with Crippen LogP contribution in [0.2, 0.25) is 0 Å². The lowest BCUT2D eigenvalue weighted by Crippen LogP contribution is -2.58. The summed E-state index contributed by atoms with van der Waals surface area (Å²) in [4.78, 5) is 30.3. The van der Waals surface area contributed by atoms with Crippen LogP contribution in [0.15, 0.2) is 28.8 Å². The maximum atomic E-state index is 13.5. The lowest BCUT2D eigenvalue weighted by Gasteiger charge is -2.57. The summed E-state index contributed by atoms with van der Waals surface area (Å²) in [6, 6.07) is 7.64. The molecule has 5 aliphatic rings. The number of benzene rings is 1. The van der Waals surface area contributed by atoms with Crippen LogP contribution in [0.25, 0.3) is 11.0 Å². The third kappa shape index (κ3) is 2.95. The van der Waals surface area contributed by atoms with Crippen molar-refractivity contribution in [2.75, 3.05) is 26.2 Å². The van der Waals surface area contributed by atoms with Crippen LogP contribution in [-0.4, -0.2) is 52.9 Å². The number of carbonyl (C=O) groups is 2. The molecule has 4 bridgehead atoms. The second-order valence-corrected chi connectivity index (χ2v) is 10.2. The van der Waals surface area contributed by atoms with Crippen molar-refractivity contribution in [3.05, 3.63) is 30.0 Å². The first-order valence-corrected chi connectivity index (χ1v) is 11.5. The van der Waals surface area contributed by atoms with E-state index in [1.807, 2.05) is 29.2 Å². The normalized spacial score (nSPS) is 32.7. The molecule has 0 atom stereocenters. The van der Waals surface area contributed by atoms with E-state index in [0.29, 0.717) is 43.4 Å². The molecule has 1 aromatic carbocycles. The van der Waals surface area contributed by atoms with Gasteiger partial charge in [-0.25, -0.2) is 0 Å². The Bertz CT molecular complexity index is 953. The SMILES string of the molecule is O=C(Cc1noc2ccccc12)N1CCN(C(=O)C23CC4CC(CC(C4)C2)C3)CC1.